The molecule has 3 rings (SSSR count). The second kappa shape index (κ2) is 5.28. The average molecular weight is 272 g/mol. The summed E-state index contributed by atoms with van der Waals surface area (Å²) in [5, 5.41) is 4.45. The van der Waals surface area contributed by atoms with E-state index in [0.717, 1.165) is 36.3 Å². The molecule has 0 fully saturated rings. The lowest BCUT2D eigenvalue weighted by Crippen LogP contribution is -2.24. The SMILES string of the molecule is Cc1cccc(Oc2cnc3c(c2)CNCC3)c1P. The van der Waals surface area contributed by atoms with Gasteiger partial charge in [-0.2, -0.15) is 0 Å². The topological polar surface area (TPSA) is 34.1 Å². The van der Waals surface area contributed by atoms with Gasteiger partial charge in [0.05, 0.1) is 6.20 Å². The molecule has 19 heavy (non-hydrogen) atoms. The molecule has 3 nitrogen and oxygen atoms in total. The number of fused-ring (bicyclic) bond motifs is 1. The van der Waals surface area contributed by atoms with Crippen LogP contribution in [0.3, 0.4) is 0 Å². The zero-order valence-corrected chi connectivity index (χ0v) is 12.1. The molecular weight excluding hydrogens is 255 g/mol. The minimum absolute atomic E-state index is 0.803. The summed E-state index contributed by atoms with van der Waals surface area (Å²) in [6, 6.07) is 8.14. The van der Waals surface area contributed by atoms with Crippen molar-refractivity contribution >= 4 is 14.5 Å². The van der Waals surface area contributed by atoms with Crippen molar-refractivity contribution in [3.05, 3.63) is 47.3 Å². The molecule has 0 bridgehead atoms. The minimum atomic E-state index is 0.803. The van der Waals surface area contributed by atoms with Gasteiger partial charge in [0.15, 0.2) is 0 Å². The second-order valence-corrected chi connectivity index (χ2v) is 5.37. The van der Waals surface area contributed by atoms with Crippen LogP contribution in [0, 0.1) is 6.92 Å². The van der Waals surface area contributed by atoms with Gasteiger partial charge in [-0.3, -0.25) is 4.98 Å². The number of hydrogen-bond donors (Lipinski definition) is 1. The molecule has 0 saturated carbocycles. The summed E-state index contributed by atoms with van der Waals surface area (Å²) in [4.78, 5) is 4.50. The molecule has 0 saturated heterocycles. The van der Waals surface area contributed by atoms with E-state index < -0.39 is 0 Å². The molecule has 1 aliphatic heterocycles. The van der Waals surface area contributed by atoms with Crippen LogP contribution in [0.25, 0.3) is 0 Å². The molecule has 1 aromatic carbocycles. The van der Waals surface area contributed by atoms with Gasteiger partial charge in [-0.15, -0.1) is 9.24 Å². The first-order chi connectivity index (χ1) is 9.24. The van der Waals surface area contributed by atoms with E-state index in [9.17, 15) is 0 Å². The monoisotopic (exact) mass is 272 g/mol. The van der Waals surface area contributed by atoms with Crippen molar-refractivity contribution in [1.82, 2.24) is 10.3 Å². The quantitative estimate of drug-likeness (QED) is 0.852. The van der Waals surface area contributed by atoms with Crippen LogP contribution in [0.15, 0.2) is 30.5 Å². The lowest BCUT2D eigenvalue weighted by molar-refractivity contribution is 0.480. The van der Waals surface area contributed by atoms with Gasteiger partial charge >= 0.3 is 0 Å². The summed E-state index contributed by atoms with van der Waals surface area (Å²) in [6.45, 7) is 3.96. The molecular formula is C15H17N2OP. The Morgan fingerprint density at radius 3 is 3.16 bits per heavy atom. The molecule has 2 heterocycles. The highest BCUT2D eigenvalue weighted by Gasteiger charge is 2.11. The Bertz CT molecular complexity index is 613. The van der Waals surface area contributed by atoms with Gasteiger partial charge in [-0.25, -0.2) is 0 Å². The predicted octanol–water partition coefficient (Wildman–Crippen LogP) is 2.33. The summed E-state index contributed by atoms with van der Waals surface area (Å²) in [5.74, 6) is 1.67. The van der Waals surface area contributed by atoms with Crippen LogP contribution in [-0.4, -0.2) is 11.5 Å². The number of aromatic nitrogens is 1. The van der Waals surface area contributed by atoms with Crippen molar-refractivity contribution in [2.75, 3.05) is 6.54 Å². The maximum Gasteiger partial charge on any atom is 0.146 e. The molecule has 1 unspecified atom stereocenters. The van der Waals surface area contributed by atoms with E-state index in [-0.39, 0.29) is 0 Å². The number of nitrogens with zero attached hydrogens (tertiary/aromatic N) is 1. The standard InChI is InChI=1S/C15H17N2OP/c1-10-3-2-4-14(15(10)19)18-12-7-11-8-16-6-5-13(11)17-9-12/h2-4,7,9,16H,5-6,8,19H2,1H3. The number of aryl methyl sites for hydroxylation is 1. The largest absolute Gasteiger partial charge is 0.455 e. The fourth-order valence-corrected chi connectivity index (χ4v) is 2.50. The number of hydrogen-bond acceptors (Lipinski definition) is 3. The van der Waals surface area contributed by atoms with Crippen molar-refractivity contribution in [1.29, 1.82) is 0 Å². The van der Waals surface area contributed by atoms with Gasteiger partial charge in [0.25, 0.3) is 0 Å². The summed E-state index contributed by atoms with van der Waals surface area (Å²) in [5.41, 5.74) is 3.62. The van der Waals surface area contributed by atoms with Gasteiger partial charge in [-0.1, -0.05) is 12.1 Å². The van der Waals surface area contributed by atoms with Crippen LogP contribution in [0.4, 0.5) is 0 Å². The molecule has 0 aliphatic carbocycles. The van der Waals surface area contributed by atoms with E-state index in [4.69, 9.17) is 4.74 Å². The number of pyridine rings is 1. The van der Waals surface area contributed by atoms with Crippen LogP contribution in [0.5, 0.6) is 11.5 Å². The molecule has 0 spiro atoms. The third kappa shape index (κ3) is 2.63. The van der Waals surface area contributed by atoms with Crippen LogP contribution < -0.4 is 15.4 Å². The smallest absolute Gasteiger partial charge is 0.146 e. The van der Waals surface area contributed by atoms with E-state index in [1.54, 1.807) is 0 Å². The molecule has 2 aromatic rings. The van der Waals surface area contributed by atoms with Crippen molar-refractivity contribution in [2.24, 2.45) is 0 Å². The first kappa shape index (κ1) is 12.6. The molecule has 0 amide bonds. The van der Waals surface area contributed by atoms with E-state index in [0.29, 0.717) is 0 Å². The maximum absolute atomic E-state index is 5.94. The van der Waals surface area contributed by atoms with Crippen molar-refractivity contribution in [2.45, 2.75) is 19.9 Å². The third-order valence-corrected chi connectivity index (χ3v) is 4.14. The number of ether oxygens (including phenoxy) is 1. The summed E-state index contributed by atoms with van der Waals surface area (Å²) in [6.07, 6.45) is 2.81. The normalized spacial score (nSPS) is 14.0. The Morgan fingerprint density at radius 2 is 2.26 bits per heavy atom. The zero-order chi connectivity index (χ0) is 13.2. The van der Waals surface area contributed by atoms with Crippen molar-refractivity contribution < 1.29 is 4.74 Å². The Kier molecular flexibility index (Phi) is 3.50. The minimum Gasteiger partial charge on any atom is -0.455 e. The lowest BCUT2D eigenvalue weighted by Gasteiger charge is -2.17. The summed E-state index contributed by atoms with van der Waals surface area (Å²) in [7, 11) is 2.74. The van der Waals surface area contributed by atoms with Crippen molar-refractivity contribution in [3.8, 4) is 11.5 Å². The second-order valence-electron chi connectivity index (χ2n) is 4.79. The lowest BCUT2D eigenvalue weighted by atomic mass is 10.1. The first-order valence-corrected chi connectivity index (χ1v) is 7.03. The van der Waals surface area contributed by atoms with Crippen LogP contribution >= 0.6 is 9.24 Å². The van der Waals surface area contributed by atoms with Gasteiger partial charge in [-0.05, 0) is 30.2 Å². The molecule has 1 N–H and O–H groups in total. The summed E-state index contributed by atoms with van der Waals surface area (Å²) >= 11 is 0. The number of rotatable bonds is 2. The predicted molar refractivity (Wildman–Crippen MR) is 80.2 cm³/mol. The van der Waals surface area contributed by atoms with Gasteiger partial charge in [0.2, 0.25) is 0 Å². The fraction of sp³-hybridized carbons (Fsp3) is 0.267. The number of benzene rings is 1. The zero-order valence-electron chi connectivity index (χ0n) is 10.9. The first-order valence-electron chi connectivity index (χ1n) is 6.45. The Labute approximate surface area is 115 Å². The van der Waals surface area contributed by atoms with Crippen LogP contribution in [-0.2, 0) is 13.0 Å². The van der Waals surface area contributed by atoms with E-state index in [1.807, 2.05) is 18.3 Å². The Hall–Kier alpha value is -1.44. The molecule has 1 aliphatic rings. The van der Waals surface area contributed by atoms with E-state index in [2.05, 4.69) is 38.6 Å². The van der Waals surface area contributed by atoms with Gasteiger partial charge in [0.1, 0.15) is 11.5 Å². The molecule has 98 valence electrons. The molecule has 1 aromatic heterocycles. The third-order valence-electron chi connectivity index (χ3n) is 3.40. The van der Waals surface area contributed by atoms with E-state index in [1.165, 1.54) is 16.8 Å². The Morgan fingerprint density at radius 1 is 1.37 bits per heavy atom. The maximum atomic E-state index is 5.94. The van der Waals surface area contributed by atoms with Crippen LogP contribution in [0.2, 0.25) is 0 Å². The Balaban J connectivity index is 1.89. The van der Waals surface area contributed by atoms with E-state index >= 15 is 0 Å². The highest BCUT2D eigenvalue weighted by atomic mass is 31.0. The highest BCUT2D eigenvalue weighted by Crippen LogP contribution is 2.24. The molecule has 0 radical (unpaired) electrons. The highest BCUT2D eigenvalue weighted by molar-refractivity contribution is 7.28. The van der Waals surface area contributed by atoms with Gasteiger partial charge < -0.3 is 10.1 Å². The van der Waals surface area contributed by atoms with Crippen LogP contribution in [0.1, 0.15) is 16.8 Å². The molecule has 4 heteroatoms. The summed E-state index contributed by atoms with van der Waals surface area (Å²) < 4.78 is 5.94. The van der Waals surface area contributed by atoms with Gasteiger partial charge in [0, 0.05) is 30.5 Å². The average Bonchev–Trinajstić information content (AvgIpc) is 2.44. The molecule has 1 atom stereocenters. The fourth-order valence-electron chi connectivity index (χ4n) is 2.25. The number of nitrogens with one attached hydrogen (secondary N) is 1. The van der Waals surface area contributed by atoms with Crippen molar-refractivity contribution in [3.63, 3.8) is 0 Å².